The van der Waals surface area contributed by atoms with Crippen LogP contribution >= 0.6 is 0 Å². The molecule has 36 heavy (non-hydrogen) atoms. The summed E-state index contributed by atoms with van der Waals surface area (Å²) in [5, 5.41) is 0. The highest BCUT2D eigenvalue weighted by Crippen LogP contribution is 2.33. The molecule has 0 amide bonds. The maximum absolute atomic E-state index is 11.7. The van der Waals surface area contributed by atoms with E-state index in [1.54, 1.807) is 37.3 Å². The van der Waals surface area contributed by atoms with Gasteiger partial charge in [0.25, 0.3) is 10.1 Å². The van der Waals surface area contributed by atoms with Gasteiger partial charge in [-0.2, -0.15) is 8.42 Å². The third kappa shape index (κ3) is 6.86. The van der Waals surface area contributed by atoms with Crippen molar-refractivity contribution in [2.75, 3.05) is 32.3 Å². The number of rotatable bonds is 10. The van der Waals surface area contributed by atoms with Gasteiger partial charge in [0.15, 0.2) is 9.84 Å². The van der Waals surface area contributed by atoms with Crippen molar-refractivity contribution in [3.63, 3.8) is 0 Å². The summed E-state index contributed by atoms with van der Waals surface area (Å²) in [5.41, 5.74) is 2.23. The average Bonchev–Trinajstić information content (AvgIpc) is 3.49. The zero-order valence-electron chi connectivity index (χ0n) is 19.9. The second kappa shape index (κ2) is 10.3. The van der Waals surface area contributed by atoms with Gasteiger partial charge in [0.05, 0.1) is 17.7 Å². The van der Waals surface area contributed by atoms with Crippen LogP contribution in [0.5, 0.6) is 17.2 Å². The van der Waals surface area contributed by atoms with Crippen LogP contribution in [0.4, 0.5) is 0 Å². The first-order valence-corrected chi connectivity index (χ1v) is 14.7. The van der Waals surface area contributed by atoms with Crippen LogP contribution in [0.3, 0.4) is 0 Å². The number of sulfone groups is 1. The van der Waals surface area contributed by atoms with Crippen molar-refractivity contribution in [2.45, 2.75) is 17.9 Å². The van der Waals surface area contributed by atoms with E-state index in [1.165, 1.54) is 12.1 Å². The fourth-order valence-corrected chi connectivity index (χ4v) is 4.49. The molecular formula is C24H26N2O8S2. The quantitative estimate of drug-likeness (QED) is 0.391. The van der Waals surface area contributed by atoms with Crippen molar-refractivity contribution in [3.05, 3.63) is 60.3 Å². The Bertz CT molecular complexity index is 1480. The van der Waals surface area contributed by atoms with Crippen molar-refractivity contribution >= 4 is 25.9 Å². The van der Waals surface area contributed by atoms with Crippen molar-refractivity contribution in [2.24, 2.45) is 4.99 Å². The van der Waals surface area contributed by atoms with Crippen LogP contribution in [0.25, 0.3) is 11.3 Å². The van der Waals surface area contributed by atoms with Gasteiger partial charge in [0.2, 0.25) is 5.90 Å². The third-order valence-electron chi connectivity index (χ3n) is 5.03. The highest BCUT2D eigenvalue weighted by molar-refractivity contribution is 7.90. The van der Waals surface area contributed by atoms with Crippen LogP contribution in [0.2, 0.25) is 0 Å². The van der Waals surface area contributed by atoms with Gasteiger partial charge in [-0.15, -0.1) is 0 Å². The molecule has 0 aliphatic carbocycles. The summed E-state index contributed by atoms with van der Waals surface area (Å²) < 4.78 is 68.4. The maximum atomic E-state index is 11.7. The van der Waals surface area contributed by atoms with Gasteiger partial charge in [0, 0.05) is 23.6 Å². The monoisotopic (exact) mass is 534 g/mol. The summed E-state index contributed by atoms with van der Waals surface area (Å²) in [6.45, 7) is 2.67. The number of aromatic nitrogens is 1. The zero-order chi connectivity index (χ0) is 25.9. The molecule has 2 aromatic carbocycles. The summed E-state index contributed by atoms with van der Waals surface area (Å²) in [5.74, 6) is 1.82. The molecule has 2 heterocycles. The van der Waals surface area contributed by atoms with Crippen LogP contribution in [-0.2, 0) is 28.9 Å². The number of aromatic amines is 1. The first-order chi connectivity index (χ1) is 17.0. The van der Waals surface area contributed by atoms with Crippen LogP contribution < -0.4 is 9.47 Å². The lowest BCUT2D eigenvalue weighted by Crippen LogP contribution is -2.21. The summed E-state index contributed by atoms with van der Waals surface area (Å²) in [7, 11) is -6.94. The van der Waals surface area contributed by atoms with E-state index in [0.29, 0.717) is 36.3 Å². The van der Waals surface area contributed by atoms with E-state index in [2.05, 4.69) is 9.98 Å². The minimum Gasteiger partial charge on any atom is -0.488 e. The molecule has 1 N–H and O–H groups in total. The molecule has 0 saturated carbocycles. The van der Waals surface area contributed by atoms with E-state index in [-0.39, 0.29) is 11.5 Å². The topological polar surface area (TPSA) is 133 Å². The second-order valence-electron chi connectivity index (χ2n) is 8.28. The molecule has 192 valence electrons. The molecule has 10 nitrogen and oxygen atoms in total. The first kappa shape index (κ1) is 25.7. The Morgan fingerprint density at radius 1 is 0.944 bits per heavy atom. The van der Waals surface area contributed by atoms with E-state index < -0.39 is 26.1 Å². The Morgan fingerprint density at radius 2 is 1.64 bits per heavy atom. The van der Waals surface area contributed by atoms with Crippen LogP contribution in [0, 0.1) is 0 Å². The van der Waals surface area contributed by atoms with Gasteiger partial charge in [-0.25, -0.2) is 13.4 Å². The Labute approximate surface area is 209 Å². The average molecular weight is 535 g/mol. The largest absolute Gasteiger partial charge is 0.488 e. The summed E-state index contributed by atoms with van der Waals surface area (Å²) in [4.78, 5) is 7.77. The van der Waals surface area contributed by atoms with Crippen molar-refractivity contribution in [3.8, 4) is 28.5 Å². The third-order valence-corrected chi connectivity index (χ3v) is 6.73. The highest BCUT2D eigenvalue weighted by Gasteiger charge is 2.16. The molecule has 0 bridgehead atoms. The normalized spacial score (nSPS) is 14.7. The van der Waals surface area contributed by atoms with E-state index in [4.69, 9.17) is 18.4 Å². The fourth-order valence-electron chi connectivity index (χ4n) is 3.42. The summed E-state index contributed by atoms with van der Waals surface area (Å²) in [6.07, 6.45) is 1.54. The summed E-state index contributed by atoms with van der Waals surface area (Å²) in [6, 6.07) is 15.0. The number of benzene rings is 2. The number of aliphatic imine (C=N–C) groups is 1. The molecule has 0 saturated heterocycles. The van der Waals surface area contributed by atoms with Crippen LogP contribution in [0.15, 0.2) is 64.5 Å². The number of hydrogen-bond acceptors (Lipinski definition) is 9. The molecule has 3 aromatic rings. The zero-order valence-corrected chi connectivity index (χ0v) is 21.6. The SMILES string of the molecule is C[C@@H](COS(C)(=O)=O)Oc1cc(Oc2ccc(S(C)(=O)=O)cc2)cc(-c2ccc(C3=NCCO3)[nH]2)c1. The number of hydrogen-bond donors (Lipinski definition) is 1. The first-order valence-electron chi connectivity index (χ1n) is 11.0. The molecule has 1 aliphatic rings. The van der Waals surface area contributed by atoms with Crippen molar-refractivity contribution in [1.29, 1.82) is 0 Å². The van der Waals surface area contributed by atoms with Crippen LogP contribution in [-0.4, -0.2) is 66.1 Å². The van der Waals surface area contributed by atoms with Crippen molar-refractivity contribution < 1.29 is 35.2 Å². The van der Waals surface area contributed by atoms with Gasteiger partial charge >= 0.3 is 0 Å². The number of ether oxygens (including phenoxy) is 3. The predicted octanol–water partition coefficient (Wildman–Crippen LogP) is 3.40. The molecule has 1 aromatic heterocycles. The van der Waals surface area contributed by atoms with E-state index in [9.17, 15) is 16.8 Å². The Kier molecular flexibility index (Phi) is 7.38. The molecule has 12 heteroatoms. The van der Waals surface area contributed by atoms with E-state index >= 15 is 0 Å². The Morgan fingerprint density at radius 3 is 2.28 bits per heavy atom. The van der Waals surface area contributed by atoms with Gasteiger partial charge in [-0.3, -0.25) is 4.18 Å². The fraction of sp³-hybridized carbons (Fsp3) is 0.292. The minimum atomic E-state index is -3.61. The molecule has 1 aliphatic heterocycles. The molecule has 4 rings (SSSR count). The highest BCUT2D eigenvalue weighted by atomic mass is 32.2. The van der Waals surface area contributed by atoms with Gasteiger partial charge in [0.1, 0.15) is 42.3 Å². The number of nitrogens with one attached hydrogen (secondary N) is 1. The number of H-pyrrole nitrogens is 1. The Balaban J connectivity index is 1.62. The van der Waals surface area contributed by atoms with E-state index in [0.717, 1.165) is 29.5 Å². The minimum absolute atomic E-state index is 0.157. The van der Waals surface area contributed by atoms with Crippen LogP contribution in [0.1, 0.15) is 12.6 Å². The lowest BCUT2D eigenvalue weighted by molar-refractivity contribution is 0.147. The molecule has 0 spiro atoms. The summed E-state index contributed by atoms with van der Waals surface area (Å²) >= 11 is 0. The Hall–Kier alpha value is -3.35. The van der Waals surface area contributed by atoms with E-state index in [1.807, 2.05) is 12.1 Å². The molecule has 0 unspecified atom stereocenters. The van der Waals surface area contributed by atoms with Gasteiger partial charge in [-0.1, -0.05) is 0 Å². The predicted molar refractivity (Wildman–Crippen MR) is 134 cm³/mol. The molecule has 1 atom stereocenters. The standard InChI is InChI=1S/C24H26N2O8S2/c1-16(15-32-36(3,29)30)33-19-12-17(22-8-9-23(26-22)24-25-10-11-31-24)13-20(14-19)34-18-4-6-21(7-5-18)35(2,27)28/h4-9,12-14,16,26H,10-11,15H2,1-3H3/t16-/m0/s1. The lowest BCUT2D eigenvalue weighted by Gasteiger charge is -2.16. The number of nitrogens with zero attached hydrogens (tertiary/aromatic N) is 1. The molecular weight excluding hydrogens is 508 g/mol. The smallest absolute Gasteiger partial charge is 0.264 e. The maximum Gasteiger partial charge on any atom is 0.264 e. The second-order valence-corrected chi connectivity index (χ2v) is 11.9. The molecule has 0 fully saturated rings. The molecule has 0 radical (unpaired) electrons. The lowest BCUT2D eigenvalue weighted by atomic mass is 10.1. The van der Waals surface area contributed by atoms with Gasteiger partial charge < -0.3 is 19.2 Å². The van der Waals surface area contributed by atoms with Gasteiger partial charge in [-0.05, 0) is 55.5 Å². The van der Waals surface area contributed by atoms with Crippen molar-refractivity contribution in [1.82, 2.24) is 4.98 Å².